The Morgan fingerprint density at radius 3 is 2.90 bits per heavy atom. The second kappa shape index (κ2) is 7.23. The first-order valence-electron chi connectivity index (χ1n) is 7.48. The molecule has 2 rings (SSSR count). The van der Waals surface area contributed by atoms with Crippen LogP contribution in [0, 0.1) is 0 Å². The van der Waals surface area contributed by atoms with E-state index in [-0.39, 0.29) is 11.9 Å². The summed E-state index contributed by atoms with van der Waals surface area (Å²) in [6.07, 6.45) is 6.18. The fourth-order valence-corrected chi connectivity index (χ4v) is 3.02. The third-order valence-corrected chi connectivity index (χ3v) is 4.28. The van der Waals surface area contributed by atoms with Gasteiger partial charge in [0.1, 0.15) is 6.04 Å². The number of rotatable bonds is 7. The molecule has 0 bridgehead atoms. The van der Waals surface area contributed by atoms with Crippen molar-refractivity contribution in [1.82, 2.24) is 5.32 Å². The molecule has 0 fully saturated rings. The summed E-state index contributed by atoms with van der Waals surface area (Å²) < 4.78 is 1.01. The Kier molecular flexibility index (Phi) is 5.61. The predicted molar refractivity (Wildman–Crippen MR) is 86.9 cm³/mol. The molecular formula is C16H23BrN2O. The maximum Gasteiger partial charge on any atom is 0.246 e. The average Bonchev–Trinajstić information content (AvgIpc) is 2.71. The summed E-state index contributed by atoms with van der Waals surface area (Å²) in [6.45, 7) is 4.38. The van der Waals surface area contributed by atoms with Gasteiger partial charge in [-0.15, -0.1) is 0 Å². The van der Waals surface area contributed by atoms with Gasteiger partial charge in [-0.3, -0.25) is 10.1 Å². The molecule has 0 saturated carbocycles. The smallest absolute Gasteiger partial charge is 0.246 e. The number of hydrogen-bond acceptors (Lipinski definition) is 2. The van der Waals surface area contributed by atoms with E-state index in [1.807, 2.05) is 18.2 Å². The summed E-state index contributed by atoms with van der Waals surface area (Å²) in [4.78, 5) is 12.1. The highest BCUT2D eigenvalue weighted by Gasteiger charge is 2.31. The van der Waals surface area contributed by atoms with E-state index in [2.05, 4.69) is 40.4 Å². The molecule has 1 aromatic carbocycles. The number of halogens is 1. The van der Waals surface area contributed by atoms with Gasteiger partial charge in [0.25, 0.3) is 0 Å². The molecular weight excluding hydrogens is 316 g/mol. The lowest BCUT2D eigenvalue weighted by Gasteiger charge is -2.18. The van der Waals surface area contributed by atoms with E-state index in [1.54, 1.807) is 0 Å². The molecule has 20 heavy (non-hydrogen) atoms. The van der Waals surface area contributed by atoms with Gasteiger partial charge in [-0.05, 0) is 31.5 Å². The number of hydrogen-bond donors (Lipinski definition) is 2. The van der Waals surface area contributed by atoms with Crippen molar-refractivity contribution in [3.05, 3.63) is 28.2 Å². The number of benzene rings is 1. The summed E-state index contributed by atoms with van der Waals surface area (Å²) in [5, 5.41) is 6.39. The van der Waals surface area contributed by atoms with Crippen LogP contribution in [0.3, 0.4) is 0 Å². The van der Waals surface area contributed by atoms with Crippen LogP contribution in [0.2, 0.25) is 0 Å². The van der Waals surface area contributed by atoms with Gasteiger partial charge in [0.15, 0.2) is 0 Å². The third-order valence-electron chi connectivity index (χ3n) is 3.79. The van der Waals surface area contributed by atoms with E-state index < -0.39 is 0 Å². The van der Waals surface area contributed by atoms with Crippen LogP contribution in [0.15, 0.2) is 22.7 Å². The van der Waals surface area contributed by atoms with Crippen LogP contribution in [-0.2, 0) is 4.79 Å². The standard InChI is InChI=1S/C16H23BrN2O/c1-3-4-5-6-7-11(2)18-15-13-10-12(17)8-9-14(13)19-16(15)20/h8-11,15,18H,3-7H2,1-2H3,(H,19,20). The van der Waals surface area contributed by atoms with Crippen LogP contribution >= 0.6 is 15.9 Å². The Hall–Kier alpha value is -0.870. The molecule has 1 aliphatic rings. The minimum absolute atomic E-state index is 0.0542. The molecule has 0 aromatic heterocycles. The summed E-state index contributed by atoms with van der Waals surface area (Å²) in [5.41, 5.74) is 1.97. The number of carbonyl (C=O) groups excluding carboxylic acids is 1. The Bertz CT molecular complexity index is 476. The lowest BCUT2D eigenvalue weighted by molar-refractivity contribution is -0.117. The maximum absolute atomic E-state index is 12.1. The normalized spacial score (nSPS) is 18.8. The van der Waals surface area contributed by atoms with Gasteiger partial charge in [-0.2, -0.15) is 0 Å². The Balaban J connectivity index is 1.93. The second-order valence-corrected chi connectivity index (χ2v) is 6.49. The third kappa shape index (κ3) is 3.83. The first-order chi connectivity index (χ1) is 9.61. The van der Waals surface area contributed by atoms with E-state index in [4.69, 9.17) is 0 Å². The van der Waals surface area contributed by atoms with Gasteiger partial charge >= 0.3 is 0 Å². The highest BCUT2D eigenvalue weighted by atomic mass is 79.9. The Morgan fingerprint density at radius 1 is 1.35 bits per heavy atom. The molecule has 4 heteroatoms. The van der Waals surface area contributed by atoms with Crippen molar-refractivity contribution in [3.63, 3.8) is 0 Å². The van der Waals surface area contributed by atoms with E-state index in [1.165, 1.54) is 25.7 Å². The molecule has 0 saturated heterocycles. The molecule has 110 valence electrons. The summed E-state index contributed by atoms with van der Waals surface area (Å²) in [6, 6.07) is 6.06. The molecule has 1 amide bonds. The lowest BCUT2D eigenvalue weighted by atomic mass is 10.0. The van der Waals surface area contributed by atoms with Crippen molar-refractivity contribution < 1.29 is 4.79 Å². The number of fused-ring (bicyclic) bond motifs is 1. The number of amides is 1. The maximum atomic E-state index is 12.1. The zero-order valence-electron chi connectivity index (χ0n) is 12.2. The van der Waals surface area contributed by atoms with Crippen molar-refractivity contribution in [1.29, 1.82) is 0 Å². The Morgan fingerprint density at radius 2 is 2.15 bits per heavy atom. The van der Waals surface area contributed by atoms with Crippen molar-refractivity contribution in [3.8, 4) is 0 Å². The molecule has 2 atom stereocenters. The summed E-state index contributed by atoms with van der Waals surface area (Å²) in [7, 11) is 0. The van der Waals surface area contributed by atoms with Crippen molar-refractivity contribution >= 4 is 27.5 Å². The number of carbonyl (C=O) groups is 1. The molecule has 0 radical (unpaired) electrons. The predicted octanol–water partition coefficient (Wildman–Crippen LogP) is 4.39. The summed E-state index contributed by atoms with van der Waals surface area (Å²) >= 11 is 3.47. The highest BCUT2D eigenvalue weighted by Crippen LogP contribution is 2.33. The van der Waals surface area contributed by atoms with Crippen molar-refractivity contribution in [2.24, 2.45) is 0 Å². The molecule has 0 spiro atoms. The SMILES string of the molecule is CCCCCCC(C)NC1C(=O)Nc2ccc(Br)cc21. The largest absolute Gasteiger partial charge is 0.324 e. The molecule has 2 unspecified atom stereocenters. The van der Waals surface area contributed by atoms with E-state index in [0.717, 1.165) is 22.1 Å². The number of unbranched alkanes of at least 4 members (excludes halogenated alkanes) is 3. The number of anilines is 1. The zero-order chi connectivity index (χ0) is 14.5. The molecule has 2 N–H and O–H groups in total. The van der Waals surface area contributed by atoms with Gasteiger partial charge in [0.2, 0.25) is 5.91 Å². The van der Waals surface area contributed by atoms with E-state index in [0.29, 0.717) is 6.04 Å². The number of nitrogens with one attached hydrogen (secondary N) is 2. The van der Waals surface area contributed by atoms with E-state index in [9.17, 15) is 4.79 Å². The van der Waals surface area contributed by atoms with Gasteiger partial charge < -0.3 is 5.32 Å². The topological polar surface area (TPSA) is 41.1 Å². The summed E-state index contributed by atoms with van der Waals surface area (Å²) in [5.74, 6) is 0.0542. The van der Waals surface area contributed by atoms with Crippen molar-refractivity contribution in [2.45, 2.75) is 58.0 Å². The first kappa shape index (κ1) is 15.5. The van der Waals surface area contributed by atoms with Crippen molar-refractivity contribution in [2.75, 3.05) is 5.32 Å². The van der Waals surface area contributed by atoms with Crippen LogP contribution < -0.4 is 10.6 Å². The molecule has 3 nitrogen and oxygen atoms in total. The van der Waals surface area contributed by atoms with Crippen LogP contribution in [-0.4, -0.2) is 11.9 Å². The van der Waals surface area contributed by atoms with Gasteiger partial charge in [-0.25, -0.2) is 0 Å². The Labute approximate surface area is 129 Å². The quantitative estimate of drug-likeness (QED) is 0.724. The molecule has 1 aliphatic heterocycles. The highest BCUT2D eigenvalue weighted by molar-refractivity contribution is 9.10. The first-order valence-corrected chi connectivity index (χ1v) is 8.27. The fraction of sp³-hybridized carbons (Fsp3) is 0.562. The lowest BCUT2D eigenvalue weighted by Crippen LogP contribution is -2.34. The van der Waals surface area contributed by atoms with Crippen LogP contribution in [0.25, 0.3) is 0 Å². The molecule has 0 aliphatic carbocycles. The van der Waals surface area contributed by atoms with Gasteiger partial charge in [0.05, 0.1) is 0 Å². The van der Waals surface area contributed by atoms with E-state index >= 15 is 0 Å². The van der Waals surface area contributed by atoms with Gasteiger partial charge in [0, 0.05) is 21.8 Å². The average molecular weight is 339 g/mol. The molecule has 1 heterocycles. The minimum atomic E-state index is -0.219. The van der Waals surface area contributed by atoms with Gasteiger partial charge in [-0.1, -0.05) is 48.5 Å². The zero-order valence-corrected chi connectivity index (χ0v) is 13.8. The van der Waals surface area contributed by atoms with Crippen LogP contribution in [0.1, 0.15) is 57.6 Å². The van der Waals surface area contributed by atoms with Crippen LogP contribution in [0.4, 0.5) is 5.69 Å². The second-order valence-electron chi connectivity index (χ2n) is 5.57. The fourth-order valence-electron chi connectivity index (χ4n) is 2.64. The molecule has 1 aromatic rings. The monoisotopic (exact) mass is 338 g/mol. The van der Waals surface area contributed by atoms with Crippen LogP contribution in [0.5, 0.6) is 0 Å². The minimum Gasteiger partial charge on any atom is -0.324 e.